The van der Waals surface area contributed by atoms with Crippen molar-refractivity contribution in [3.63, 3.8) is 0 Å². The quantitative estimate of drug-likeness (QED) is 0.447. The Bertz CT molecular complexity index is 1090. The summed E-state index contributed by atoms with van der Waals surface area (Å²) in [5, 5.41) is 13.0. The molecule has 1 atom stereocenters. The van der Waals surface area contributed by atoms with Crippen molar-refractivity contribution in [2.45, 2.75) is 6.04 Å². The van der Waals surface area contributed by atoms with Crippen LogP contribution in [0.25, 0.3) is 22.2 Å². The van der Waals surface area contributed by atoms with Crippen molar-refractivity contribution in [1.82, 2.24) is 15.0 Å². The second-order valence-electron chi connectivity index (χ2n) is 6.09. The summed E-state index contributed by atoms with van der Waals surface area (Å²) in [6.07, 6.45) is 3.50. The van der Waals surface area contributed by atoms with Crippen molar-refractivity contribution in [3.05, 3.63) is 83.0 Å². The van der Waals surface area contributed by atoms with Crippen LogP contribution in [-0.4, -0.2) is 26.7 Å². The Kier molecular flexibility index (Phi) is 4.25. The minimum atomic E-state index is -0.223. The van der Waals surface area contributed by atoms with Crippen LogP contribution in [-0.2, 0) is 0 Å². The van der Waals surface area contributed by atoms with E-state index >= 15 is 0 Å². The summed E-state index contributed by atoms with van der Waals surface area (Å²) in [5.74, 6) is 0. The van der Waals surface area contributed by atoms with Crippen molar-refractivity contribution >= 4 is 16.7 Å². The Morgan fingerprint density at radius 2 is 1.77 bits per heavy atom. The van der Waals surface area contributed by atoms with Gasteiger partial charge in [-0.05, 0) is 29.3 Å². The Morgan fingerprint density at radius 3 is 2.58 bits per heavy atom. The predicted octanol–water partition coefficient (Wildman–Crippen LogP) is 3.06. The first-order valence-electron chi connectivity index (χ1n) is 8.33. The first-order valence-corrected chi connectivity index (χ1v) is 8.33. The van der Waals surface area contributed by atoms with Gasteiger partial charge in [-0.15, -0.1) is 0 Å². The normalized spacial score (nSPS) is 12.2. The van der Waals surface area contributed by atoms with E-state index in [0.29, 0.717) is 0 Å². The molecular weight excluding hydrogens is 328 g/mol. The third-order valence-corrected chi connectivity index (χ3v) is 4.31. The van der Waals surface area contributed by atoms with E-state index in [9.17, 15) is 9.90 Å². The zero-order valence-electron chi connectivity index (χ0n) is 13.9. The molecule has 2 heterocycles. The lowest BCUT2D eigenvalue weighted by atomic mass is 10.1. The van der Waals surface area contributed by atoms with Gasteiger partial charge in [0.05, 0.1) is 29.4 Å². The van der Waals surface area contributed by atoms with E-state index in [0.717, 1.165) is 33.4 Å². The number of pyridine rings is 1. The fourth-order valence-electron chi connectivity index (χ4n) is 3.01. The molecule has 6 nitrogen and oxygen atoms in total. The van der Waals surface area contributed by atoms with E-state index in [4.69, 9.17) is 0 Å². The number of anilines is 1. The summed E-state index contributed by atoms with van der Waals surface area (Å²) in [6, 6.07) is 17.3. The largest absolute Gasteiger partial charge is 0.394 e. The first-order chi connectivity index (χ1) is 12.7. The maximum absolute atomic E-state index is 11.4. The minimum absolute atomic E-state index is 0.0230. The number of aliphatic hydroxyl groups is 1. The molecule has 0 bridgehead atoms. The van der Waals surface area contributed by atoms with Gasteiger partial charge >= 0.3 is 5.69 Å². The molecule has 4 aromatic rings. The molecule has 4 N–H and O–H groups in total. The third-order valence-electron chi connectivity index (χ3n) is 4.31. The molecule has 4 rings (SSSR count). The second-order valence-corrected chi connectivity index (χ2v) is 6.09. The SMILES string of the molecule is O=c1[nH]c2ccc(-c3cncc(NC(CO)c4ccccc4)c3)cc2[nH]1. The van der Waals surface area contributed by atoms with Crippen LogP contribution >= 0.6 is 0 Å². The maximum atomic E-state index is 11.4. The van der Waals surface area contributed by atoms with Crippen LogP contribution in [0.2, 0.25) is 0 Å². The molecule has 0 radical (unpaired) electrons. The van der Waals surface area contributed by atoms with Crippen molar-refractivity contribution < 1.29 is 5.11 Å². The van der Waals surface area contributed by atoms with Gasteiger partial charge in [-0.2, -0.15) is 0 Å². The number of benzene rings is 2. The molecule has 6 heteroatoms. The zero-order chi connectivity index (χ0) is 17.9. The highest BCUT2D eigenvalue weighted by Gasteiger charge is 2.11. The number of rotatable bonds is 5. The number of hydrogen-bond donors (Lipinski definition) is 4. The maximum Gasteiger partial charge on any atom is 0.323 e. The van der Waals surface area contributed by atoms with Crippen LogP contribution in [0, 0.1) is 0 Å². The molecule has 130 valence electrons. The molecule has 0 saturated heterocycles. The molecule has 0 fully saturated rings. The number of aliphatic hydroxyl groups excluding tert-OH is 1. The van der Waals surface area contributed by atoms with Crippen LogP contribution in [0.4, 0.5) is 5.69 Å². The summed E-state index contributed by atoms with van der Waals surface area (Å²) < 4.78 is 0. The fourth-order valence-corrected chi connectivity index (χ4v) is 3.01. The first kappa shape index (κ1) is 16.1. The number of imidazole rings is 1. The molecule has 2 aromatic heterocycles. The van der Waals surface area contributed by atoms with E-state index in [2.05, 4.69) is 20.3 Å². The van der Waals surface area contributed by atoms with Gasteiger partial charge in [0.25, 0.3) is 0 Å². The number of aromatic amines is 2. The summed E-state index contributed by atoms with van der Waals surface area (Å²) in [6.45, 7) is -0.0230. The molecule has 0 spiro atoms. The summed E-state index contributed by atoms with van der Waals surface area (Å²) >= 11 is 0. The Labute approximate surface area is 149 Å². The molecule has 0 aliphatic carbocycles. The number of aromatic nitrogens is 3. The lowest BCUT2D eigenvalue weighted by Crippen LogP contribution is -2.14. The number of fused-ring (bicyclic) bond motifs is 1. The number of H-pyrrole nitrogens is 2. The minimum Gasteiger partial charge on any atom is -0.394 e. The van der Waals surface area contributed by atoms with Crippen LogP contribution in [0.15, 0.2) is 71.8 Å². The average Bonchev–Trinajstić information content (AvgIpc) is 3.06. The van der Waals surface area contributed by atoms with Gasteiger partial charge in [-0.3, -0.25) is 4.98 Å². The van der Waals surface area contributed by atoms with Gasteiger partial charge in [0.2, 0.25) is 0 Å². The molecule has 0 saturated carbocycles. The highest BCUT2D eigenvalue weighted by molar-refractivity contribution is 5.81. The van der Waals surface area contributed by atoms with Crippen molar-refractivity contribution in [2.75, 3.05) is 11.9 Å². The fraction of sp³-hybridized carbons (Fsp3) is 0.100. The van der Waals surface area contributed by atoms with Crippen LogP contribution < -0.4 is 11.0 Å². The lowest BCUT2D eigenvalue weighted by Gasteiger charge is -2.18. The van der Waals surface area contributed by atoms with Gasteiger partial charge in [0.15, 0.2) is 0 Å². The summed E-state index contributed by atoms with van der Waals surface area (Å²) in [4.78, 5) is 21.2. The van der Waals surface area contributed by atoms with Gasteiger partial charge in [0, 0.05) is 18.0 Å². The van der Waals surface area contributed by atoms with E-state index in [-0.39, 0.29) is 18.3 Å². The van der Waals surface area contributed by atoms with Gasteiger partial charge in [-0.1, -0.05) is 36.4 Å². The highest BCUT2D eigenvalue weighted by Crippen LogP contribution is 2.26. The monoisotopic (exact) mass is 346 g/mol. The van der Waals surface area contributed by atoms with Crippen molar-refractivity contribution in [3.8, 4) is 11.1 Å². The topological polar surface area (TPSA) is 93.8 Å². The Hall–Kier alpha value is -3.38. The lowest BCUT2D eigenvalue weighted by molar-refractivity contribution is 0.276. The van der Waals surface area contributed by atoms with Crippen molar-refractivity contribution in [2.24, 2.45) is 0 Å². The molecule has 0 aliphatic heterocycles. The molecule has 0 amide bonds. The summed E-state index contributed by atoms with van der Waals surface area (Å²) in [7, 11) is 0. The number of nitrogens with one attached hydrogen (secondary N) is 3. The summed E-state index contributed by atoms with van der Waals surface area (Å²) in [5.41, 5.74) is 4.99. The highest BCUT2D eigenvalue weighted by atomic mass is 16.3. The molecule has 1 unspecified atom stereocenters. The third kappa shape index (κ3) is 3.22. The Balaban J connectivity index is 1.64. The van der Waals surface area contributed by atoms with Gasteiger partial charge in [0.1, 0.15) is 0 Å². The van der Waals surface area contributed by atoms with E-state index in [1.165, 1.54) is 0 Å². The van der Waals surface area contributed by atoms with Gasteiger partial charge < -0.3 is 20.4 Å². The molecule has 26 heavy (non-hydrogen) atoms. The van der Waals surface area contributed by atoms with Crippen LogP contribution in [0.5, 0.6) is 0 Å². The van der Waals surface area contributed by atoms with Crippen LogP contribution in [0.1, 0.15) is 11.6 Å². The number of nitrogens with zero attached hydrogens (tertiary/aromatic N) is 1. The molecule has 0 aliphatic rings. The molecule has 2 aromatic carbocycles. The predicted molar refractivity (Wildman–Crippen MR) is 102 cm³/mol. The number of hydrogen-bond acceptors (Lipinski definition) is 4. The zero-order valence-corrected chi connectivity index (χ0v) is 13.9. The molecular formula is C20H18N4O2. The van der Waals surface area contributed by atoms with Crippen molar-refractivity contribution in [1.29, 1.82) is 0 Å². The second kappa shape index (κ2) is 6.85. The van der Waals surface area contributed by atoms with Crippen LogP contribution in [0.3, 0.4) is 0 Å². The smallest absolute Gasteiger partial charge is 0.323 e. The standard InChI is InChI=1S/C20H18N4O2/c25-12-19(13-4-2-1-3-5-13)22-16-8-15(10-21-11-16)14-6-7-17-18(9-14)24-20(26)23-17/h1-11,19,22,25H,12H2,(H2,23,24,26). The average molecular weight is 346 g/mol. The van der Waals surface area contributed by atoms with E-state index in [1.807, 2.05) is 54.6 Å². The van der Waals surface area contributed by atoms with E-state index in [1.54, 1.807) is 12.4 Å². The van der Waals surface area contributed by atoms with Gasteiger partial charge in [-0.25, -0.2) is 4.79 Å². The van der Waals surface area contributed by atoms with E-state index < -0.39 is 0 Å². The Morgan fingerprint density at radius 1 is 0.962 bits per heavy atom.